The third-order valence-corrected chi connectivity index (χ3v) is 3.75. The van der Waals surface area contributed by atoms with Crippen molar-refractivity contribution >= 4 is 18.6 Å². The first-order valence-electron chi connectivity index (χ1n) is 6.87. The van der Waals surface area contributed by atoms with E-state index >= 15 is 0 Å². The molecule has 1 aromatic rings. The summed E-state index contributed by atoms with van der Waals surface area (Å²) in [5, 5.41) is 20.4. The lowest BCUT2D eigenvalue weighted by Crippen LogP contribution is -2.53. The van der Waals surface area contributed by atoms with E-state index in [2.05, 4.69) is 4.74 Å². The third-order valence-electron chi connectivity index (χ3n) is 3.75. The van der Waals surface area contributed by atoms with Crippen LogP contribution < -0.4 is 10.2 Å². The Balaban J connectivity index is 3.12. The molecule has 0 atom stereocenters. The monoisotopic (exact) mass is 310 g/mol. The zero-order valence-electron chi connectivity index (χ0n) is 13.8. The summed E-state index contributed by atoms with van der Waals surface area (Å²) in [5.74, 6) is -0.157. The summed E-state index contributed by atoms with van der Waals surface area (Å²) in [6.45, 7) is 6.51. The summed E-state index contributed by atoms with van der Waals surface area (Å²) in [7, 11) is 1.39. The Hall–Kier alpha value is -1.57. The fourth-order valence-corrected chi connectivity index (χ4v) is 1.61. The van der Waals surface area contributed by atoms with Crippen molar-refractivity contribution in [1.82, 2.24) is 0 Å². The number of aliphatic hydroxyl groups is 1. The van der Waals surface area contributed by atoms with Gasteiger partial charge in [-0.05, 0) is 51.4 Å². The second kappa shape index (κ2) is 6.68. The maximum absolute atomic E-state index is 11.7. The lowest BCUT2D eigenvalue weighted by Gasteiger charge is -2.38. The maximum atomic E-state index is 11.7. The number of benzene rings is 1. The average molecular weight is 310 g/mol. The predicted octanol–water partition coefficient (Wildman–Crippen LogP) is 0.735. The molecule has 0 fully saturated rings. The van der Waals surface area contributed by atoms with Crippen LogP contribution in [0, 0.1) is 0 Å². The molecule has 7 heteroatoms. The summed E-state index contributed by atoms with van der Waals surface area (Å²) >= 11 is 0. The fourth-order valence-electron chi connectivity index (χ4n) is 1.61. The first-order valence-corrected chi connectivity index (χ1v) is 6.87. The van der Waals surface area contributed by atoms with E-state index in [0.717, 1.165) is 0 Å². The van der Waals surface area contributed by atoms with Gasteiger partial charge in [0, 0.05) is 0 Å². The van der Waals surface area contributed by atoms with Gasteiger partial charge in [-0.15, -0.1) is 0 Å². The average Bonchev–Trinajstić information content (AvgIpc) is 2.44. The Morgan fingerprint density at radius 2 is 1.73 bits per heavy atom. The van der Waals surface area contributed by atoms with E-state index in [1.54, 1.807) is 33.8 Å². The van der Waals surface area contributed by atoms with Gasteiger partial charge in [0.1, 0.15) is 5.75 Å². The number of methoxy groups -OCH3 is 2. The van der Waals surface area contributed by atoms with Gasteiger partial charge >= 0.3 is 13.1 Å². The van der Waals surface area contributed by atoms with Gasteiger partial charge in [-0.2, -0.15) is 0 Å². The molecule has 122 valence electrons. The van der Waals surface area contributed by atoms with E-state index in [0.29, 0.717) is 11.2 Å². The van der Waals surface area contributed by atoms with E-state index in [4.69, 9.17) is 9.39 Å². The van der Waals surface area contributed by atoms with Crippen LogP contribution >= 0.6 is 0 Å². The molecular weight excluding hydrogens is 287 g/mol. The smallest absolute Gasteiger partial charge is 0.491 e. The van der Waals surface area contributed by atoms with E-state index in [-0.39, 0.29) is 5.56 Å². The van der Waals surface area contributed by atoms with Crippen molar-refractivity contribution in [3.63, 3.8) is 0 Å². The minimum absolute atomic E-state index is 0.237. The van der Waals surface area contributed by atoms with Gasteiger partial charge in [0.2, 0.25) is 0 Å². The molecule has 2 N–H and O–H groups in total. The molecule has 0 aliphatic carbocycles. The first-order chi connectivity index (χ1) is 10.0. The minimum atomic E-state index is -1.33. The number of esters is 1. The predicted molar refractivity (Wildman–Crippen MR) is 83.4 cm³/mol. The zero-order chi connectivity index (χ0) is 17.1. The van der Waals surface area contributed by atoms with Crippen LogP contribution in [0.4, 0.5) is 0 Å². The Kier molecular flexibility index (Phi) is 5.62. The summed E-state index contributed by atoms with van der Waals surface area (Å²) in [5.41, 5.74) is -1.61. The van der Waals surface area contributed by atoms with E-state index in [1.165, 1.54) is 26.4 Å². The highest BCUT2D eigenvalue weighted by atomic mass is 16.5. The SMILES string of the molecule is COC(=O)c1cc(OC)cc(B(O)OC(C)(C)C(C)(C)O)c1. The van der Waals surface area contributed by atoms with Crippen LogP contribution in [0.1, 0.15) is 38.1 Å². The van der Waals surface area contributed by atoms with E-state index < -0.39 is 24.3 Å². The molecule has 0 aliphatic heterocycles. The van der Waals surface area contributed by atoms with Gasteiger partial charge in [-0.1, -0.05) is 0 Å². The van der Waals surface area contributed by atoms with Crippen LogP contribution in [0.25, 0.3) is 0 Å². The molecule has 0 aliphatic rings. The molecule has 0 spiro atoms. The Morgan fingerprint density at radius 1 is 1.14 bits per heavy atom. The molecule has 1 aromatic carbocycles. The lowest BCUT2D eigenvalue weighted by atomic mass is 9.76. The molecule has 1 rings (SSSR count). The molecule has 0 bridgehead atoms. The molecule has 22 heavy (non-hydrogen) atoms. The highest BCUT2D eigenvalue weighted by Gasteiger charge is 2.39. The van der Waals surface area contributed by atoms with E-state index in [1.807, 2.05) is 0 Å². The number of ether oxygens (including phenoxy) is 2. The molecular formula is C15H23BO6. The summed E-state index contributed by atoms with van der Waals surface area (Å²) < 4.78 is 15.3. The highest BCUT2D eigenvalue weighted by Crippen LogP contribution is 2.25. The van der Waals surface area contributed by atoms with Gasteiger partial charge in [-0.3, -0.25) is 0 Å². The molecule has 0 amide bonds. The third kappa shape index (κ3) is 4.22. The van der Waals surface area contributed by atoms with Gasteiger partial charge in [0.15, 0.2) is 0 Å². The number of carbonyl (C=O) groups is 1. The topological polar surface area (TPSA) is 85.2 Å². The van der Waals surface area contributed by atoms with Crippen molar-refractivity contribution < 1.29 is 29.1 Å². The van der Waals surface area contributed by atoms with Crippen LogP contribution in [0.3, 0.4) is 0 Å². The Bertz CT molecular complexity index is 535. The van der Waals surface area contributed by atoms with Crippen molar-refractivity contribution in [2.45, 2.75) is 38.9 Å². The molecule has 0 saturated heterocycles. The minimum Gasteiger partial charge on any atom is -0.497 e. The normalized spacial score (nSPS) is 12.0. The quantitative estimate of drug-likeness (QED) is 0.595. The number of carbonyl (C=O) groups excluding carboxylic acids is 1. The molecule has 0 radical (unpaired) electrons. The highest BCUT2D eigenvalue weighted by molar-refractivity contribution is 6.60. The van der Waals surface area contributed by atoms with Crippen molar-refractivity contribution in [2.75, 3.05) is 14.2 Å². The molecule has 0 unspecified atom stereocenters. The van der Waals surface area contributed by atoms with Crippen LogP contribution in [-0.2, 0) is 9.39 Å². The number of hydrogen-bond donors (Lipinski definition) is 2. The first kappa shape index (κ1) is 18.5. The van der Waals surface area contributed by atoms with Crippen molar-refractivity contribution in [3.05, 3.63) is 23.8 Å². The van der Waals surface area contributed by atoms with Gasteiger partial charge < -0.3 is 24.3 Å². The maximum Gasteiger partial charge on any atom is 0.491 e. The second-order valence-corrected chi connectivity index (χ2v) is 6.03. The zero-order valence-corrected chi connectivity index (χ0v) is 13.8. The number of hydrogen-bond acceptors (Lipinski definition) is 6. The van der Waals surface area contributed by atoms with E-state index in [9.17, 15) is 14.9 Å². The summed E-state index contributed by atoms with van der Waals surface area (Å²) in [6.07, 6.45) is 0. The van der Waals surface area contributed by atoms with Crippen LogP contribution in [-0.4, -0.2) is 48.6 Å². The fraction of sp³-hybridized carbons (Fsp3) is 0.533. The summed E-state index contributed by atoms with van der Waals surface area (Å²) in [6, 6.07) is 4.51. The largest absolute Gasteiger partial charge is 0.497 e. The van der Waals surface area contributed by atoms with Crippen LogP contribution in [0.2, 0.25) is 0 Å². The van der Waals surface area contributed by atoms with Crippen molar-refractivity contribution in [2.24, 2.45) is 0 Å². The molecule has 6 nitrogen and oxygen atoms in total. The second-order valence-electron chi connectivity index (χ2n) is 6.03. The van der Waals surface area contributed by atoms with Crippen LogP contribution in [0.5, 0.6) is 5.75 Å². The summed E-state index contributed by atoms with van der Waals surface area (Å²) in [4.78, 5) is 11.7. The molecule has 0 heterocycles. The Morgan fingerprint density at radius 3 is 2.18 bits per heavy atom. The van der Waals surface area contributed by atoms with Gasteiger partial charge in [-0.25, -0.2) is 4.79 Å². The Labute approximate surface area is 131 Å². The standard InChI is InChI=1S/C15H23BO6/c1-14(2,18)15(3,4)22-16(19)11-7-10(13(17)21-6)8-12(9-11)20-5/h7-9,18-19H,1-6H3. The van der Waals surface area contributed by atoms with Crippen molar-refractivity contribution in [1.29, 1.82) is 0 Å². The van der Waals surface area contributed by atoms with Gasteiger partial charge in [0.25, 0.3) is 0 Å². The number of rotatable bonds is 6. The molecule has 0 saturated carbocycles. The lowest BCUT2D eigenvalue weighted by molar-refractivity contribution is -0.0982. The van der Waals surface area contributed by atoms with Crippen molar-refractivity contribution in [3.8, 4) is 5.75 Å². The van der Waals surface area contributed by atoms with Crippen LogP contribution in [0.15, 0.2) is 18.2 Å². The van der Waals surface area contributed by atoms with Gasteiger partial charge in [0.05, 0.1) is 31.0 Å². The molecule has 0 aromatic heterocycles.